The van der Waals surface area contributed by atoms with Gasteiger partial charge in [-0.2, -0.15) is 4.98 Å². The van der Waals surface area contributed by atoms with Crippen molar-refractivity contribution in [1.82, 2.24) is 15.1 Å². The number of hydrogen-bond donors (Lipinski definition) is 1. The highest BCUT2D eigenvalue weighted by molar-refractivity contribution is 5.90. The van der Waals surface area contributed by atoms with Crippen molar-refractivity contribution in [2.75, 3.05) is 43.1 Å². The maximum atomic E-state index is 11.9. The minimum absolute atomic E-state index is 0.172. The van der Waals surface area contributed by atoms with Crippen LogP contribution in [-0.4, -0.2) is 53.9 Å². The Kier molecular flexibility index (Phi) is 5.44. The molecule has 1 N–H and O–H groups in total. The molecule has 2 aromatic rings. The van der Waals surface area contributed by atoms with Crippen LogP contribution in [0.15, 0.2) is 16.7 Å². The molecule has 9 nitrogen and oxygen atoms in total. The van der Waals surface area contributed by atoms with E-state index in [9.17, 15) is 4.79 Å². The van der Waals surface area contributed by atoms with Gasteiger partial charge in [0.1, 0.15) is 5.76 Å². The molecule has 0 aromatic carbocycles. The fourth-order valence-corrected chi connectivity index (χ4v) is 2.36. The largest absolute Gasteiger partial charge is 0.467 e. The van der Waals surface area contributed by atoms with Gasteiger partial charge in [-0.05, 0) is 13.3 Å². The maximum Gasteiger partial charge on any atom is 0.263 e. The van der Waals surface area contributed by atoms with E-state index in [0.29, 0.717) is 36.6 Å². The van der Waals surface area contributed by atoms with Crippen molar-refractivity contribution in [2.24, 2.45) is 0 Å². The van der Waals surface area contributed by atoms with E-state index in [1.807, 2.05) is 11.8 Å². The number of nitrogens with zero attached hydrogens (tertiary/aromatic N) is 4. The number of ether oxygens (including phenoxy) is 2. The first-order chi connectivity index (χ1) is 12.1. The molecule has 3 heterocycles. The minimum atomic E-state index is -0.335. The number of nitrogens with one attached hydrogen (secondary N) is 1. The van der Waals surface area contributed by atoms with Gasteiger partial charge in [0.25, 0.3) is 5.91 Å². The number of rotatable bonds is 6. The number of carbonyl (C=O) groups excluding carboxylic acids is 1. The fourth-order valence-electron chi connectivity index (χ4n) is 2.36. The Hall–Kier alpha value is -2.68. The highest BCUT2D eigenvalue weighted by Gasteiger charge is 2.16. The van der Waals surface area contributed by atoms with Crippen LogP contribution < -0.4 is 15.0 Å². The lowest BCUT2D eigenvalue weighted by atomic mass is 10.3. The lowest BCUT2D eigenvalue weighted by molar-refractivity contribution is -0.118. The van der Waals surface area contributed by atoms with E-state index in [2.05, 4.69) is 20.4 Å². The zero-order valence-electron chi connectivity index (χ0n) is 14.3. The van der Waals surface area contributed by atoms with Crippen molar-refractivity contribution in [1.29, 1.82) is 0 Å². The fraction of sp³-hybridized carbons (Fsp3) is 0.500. The highest BCUT2D eigenvalue weighted by atomic mass is 16.5. The third kappa shape index (κ3) is 4.66. The number of aryl methyl sites for hydroxylation is 2. The van der Waals surface area contributed by atoms with Crippen molar-refractivity contribution in [3.05, 3.63) is 23.6 Å². The zero-order valence-corrected chi connectivity index (χ0v) is 14.3. The second-order valence-corrected chi connectivity index (χ2v) is 5.61. The summed E-state index contributed by atoms with van der Waals surface area (Å²) in [7, 11) is 0. The van der Waals surface area contributed by atoms with E-state index in [0.717, 1.165) is 25.2 Å². The molecule has 2 aromatic heterocycles. The second-order valence-electron chi connectivity index (χ2n) is 5.61. The van der Waals surface area contributed by atoms with Crippen molar-refractivity contribution >= 4 is 17.7 Å². The first-order valence-corrected chi connectivity index (χ1v) is 8.20. The van der Waals surface area contributed by atoms with Gasteiger partial charge >= 0.3 is 0 Å². The van der Waals surface area contributed by atoms with E-state index in [4.69, 9.17) is 14.0 Å². The average Bonchev–Trinajstić information content (AvgIpc) is 3.05. The molecule has 25 heavy (non-hydrogen) atoms. The van der Waals surface area contributed by atoms with Crippen LogP contribution in [0.3, 0.4) is 0 Å². The maximum absolute atomic E-state index is 11.9. The van der Waals surface area contributed by atoms with Crippen LogP contribution >= 0.6 is 0 Å². The number of amides is 1. The lowest BCUT2D eigenvalue weighted by Gasteiger charge is -2.27. The first kappa shape index (κ1) is 17.2. The Balaban J connectivity index is 1.63. The number of anilines is 2. The summed E-state index contributed by atoms with van der Waals surface area (Å²) in [4.78, 5) is 22.9. The van der Waals surface area contributed by atoms with E-state index < -0.39 is 0 Å². The van der Waals surface area contributed by atoms with E-state index in [1.54, 1.807) is 19.1 Å². The number of aromatic nitrogens is 3. The molecule has 0 aliphatic carbocycles. The van der Waals surface area contributed by atoms with Crippen LogP contribution in [0.1, 0.15) is 18.4 Å². The molecule has 0 bridgehead atoms. The van der Waals surface area contributed by atoms with Crippen molar-refractivity contribution in [2.45, 2.75) is 20.3 Å². The van der Waals surface area contributed by atoms with Gasteiger partial charge in [0.05, 0.1) is 13.2 Å². The van der Waals surface area contributed by atoms with Gasteiger partial charge in [-0.1, -0.05) is 12.1 Å². The number of morpholine rings is 1. The zero-order chi connectivity index (χ0) is 17.6. The molecule has 0 radical (unpaired) electrons. The second kappa shape index (κ2) is 7.93. The summed E-state index contributed by atoms with van der Waals surface area (Å²) in [6, 6.07) is 3.38. The average molecular weight is 347 g/mol. The van der Waals surface area contributed by atoms with Gasteiger partial charge in [-0.3, -0.25) is 4.79 Å². The normalized spacial score (nSPS) is 14.4. The standard InChI is InChI=1S/C16H21N5O4/c1-3-12-9-15(19-16(17-12)21-4-6-23-7-5-21)24-10-14(22)18-13-8-11(2)25-20-13/h8-9H,3-7,10H2,1-2H3,(H,18,20,22). The lowest BCUT2D eigenvalue weighted by Crippen LogP contribution is -2.37. The summed E-state index contributed by atoms with van der Waals surface area (Å²) in [5.41, 5.74) is 0.860. The van der Waals surface area contributed by atoms with Crippen LogP contribution in [0, 0.1) is 6.92 Å². The van der Waals surface area contributed by atoms with E-state index in [-0.39, 0.29) is 12.5 Å². The molecule has 3 rings (SSSR count). The smallest absolute Gasteiger partial charge is 0.263 e. The van der Waals surface area contributed by atoms with Crippen molar-refractivity contribution in [3.63, 3.8) is 0 Å². The summed E-state index contributed by atoms with van der Waals surface area (Å²) >= 11 is 0. The van der Waals surface area contributed by atoms with Gasteiger partial charge in [-0.15, -0.1) is 0 Å². The molecular formula is C16H21N5O4. The Morgan fingerprint density at radius 2 is 2.12 bits per heavy atom. The number of carbonyl (C=O) groups is 1. The molecule has 1 amide bonds. The summed E-state index contributed by atoms with van der Waals surface area (Å²) in [5, 5.41) is 6.31. The summed E-state index contributed by atoms with van der Waals surface area (Å²) in [5.74, 6) is 1.62. The Morgan fingerprint density at radius 1 is 1.32 bits per heavy atom. The van der Waals surface area contributed by atoms with Crippen LogP contribution in [0.2, 0.25) is 0 Å². The molecule has 0 saturated carbocycles. The molecule has 0 unspecified atom stereocenters. The molecule has 0 atom stereocenters. The van der Waals surface area contributed by atoms with Crippen LogP contribution in [0.5, 0.6) is 5.88 Å². The Labute approximate surface area is 145 Å². The molecule has 1 fully saturated rings. The molecule has 1 saturated heterocycles. The summed E-state index contributed by atoms with van der Waals surface area (Å²) < 4.78 is 15.8. The van der Waals surface area contributed by atoms with Crippen molar-refractivity contribution < 1.29 is 18.8 Å². The molecule has 0 spiro atoms. The number of hydrogen-bond acceptors (Lipinski definition) is 8. The topological polar surface area (TPSA) is 103 Å². The molecule has 1 aliphatic heterocycles. The quantitative estimate of drug-likeness (QED) is 0.831. The molecular weight excluding hydrogens is 326 g/mol. The predicted octanol–water partition coefficient (Wildman–Crippen LogP) is 1.19. The first-order valence-electron chi connectivity index (χ1n) is 8.20. The van der Waals surface area contributed by atoms with Crippen LogP contribution in [0.4, 0.5) is 11.8 Å². The summed E-state index contributed by atoms with van der Waals surface area (Å²) in [6.07, 6.45) is 0.751. The van der Waals surface area contributed by atoms with Gasteiger partial charge in [-0.25, -0.2) is 4.98 Å². The predicted molar refractivity (Wildman–Crippen MR) is 89.8 cm³/mol. The third-order valence-corrected chi connectivity index (χ3v) is 3.65. The Morgan fingerprint density at radius 3 is 2.80 bits per heavy atom. The van der Waals surface area contributed by atoms with Crippen LogP contribution in [-0.2, 0) is 16.0 Å². The Bertz CT molecular complexity index is 727. The van der Waals surface area contributed by atoms with Gasteiger partial charge in [0, 0.05) is 30.9 Å². The minimum Gasteiger partial charge on any atom is -0.467 e. The molecule has 134 valence electrons. The SMILES string of the molecule is CCc1cc(OCC(=O)Nc2cc(C)on2)nc(N2CCOCC2)n1. The monoisotopic (exact) mass is 347 g/mol. The van der Waals surface area contributed by atoms with Gasteiger partial charge in [0.15, 0.2) is 12.4 Å². The van der Waals surface area contributed by atoms with Crippen molar-refractivity contribution in [3.8, 4) is 5.88 Å². The third-order valence-electron chi connectivity index (χ3n) is 3.65. The summed E-state index contributed by atoms with van der Waals surface area (Å²) in [6.45, 7) is 6.35. The van der Waals surface area contributed by atoms with Crippen LogP contribution in [0.25, 0.3) is 0 Å². The van der Waals surface area contributed by atoms with Gasteiger partial charge < -0.3 is 24.2 Å². The highest BCUT2D eigenvalue weighted by Crippen LogP contribution is 2.17. The molecule has 1 aliphatic rings. The molecule has 9 heteroatoms. The van der Waals surface area contributed by atoms with E-state index >= 15 is 0 Å². The van der Waals surface area contributed by atoms with E-state index in [1.165, 1.54) is 0 Å². The van der Waals surface area contributed by atoms with Gasteiger partial charge in [0.2, 0.25) is 11.8 Å².